The van der Waals surface area contributed by atoms with E-state index >= 15 is 0 Å². The van der Waals surface area contributed by atoms with Crippen LogP contribution in [-0.4, -0.2) is 63.5 Å². The second kappa shape index (κ2) is 9.06. The number of hydrogen-bond acceptors (Lipinski definition) is 6. The Hall–Kier alpha value is -2.91. The highest BCUT2D eigenvalue weighted by Gasteiger charge is 2.32. The SMILES string of the molecule is CN(C)C(=O)C1=C/C(=C/N=C(N)Nc2ccc(C(O)O)cn2)CN1C1CCCC1. The first-order valence-corrected chi connectivity index (χ1v) is 9.66. The van der Waals surface area contributed by atoms with E-state index in [1.165, 1.54) is 25.1 Å². The van der Waals surface area contributed by atoms with E-state index in [0.717, 1.165) is 18.4 Å². The van der Waals surface area contributed by atoms with E-state index in [0.29, 0.717) is 24.1 Å². The number of carbonyl (C=O) groups is 1. The van der Waals surface area contributed by atoms with Gasteiger partial charge in [0.05, 0.1) is 0 Å². The lowest BCUT2D eigenvalue weighted by molar-refractivity contribution is -0.126. The van der Waals surface area contributed by atoms with E-state index in [4.69, 9.17) is 15.9 Å². The number of aliphatic imine (C=N–C) groups is 1. The van der Waals surface area contributed by atoms with Gasteiger partial charge in [0.15, 0.2) is 12.2 Å². The number of amides is 1. The summed E-state index contributed by atoms with van der Waals surface area (Å²) in [7, 11) is 3.51. The standard InChI is InChI=1S/C20H28N6O3/c1-25(2)18(27)16-9-13(12-26(16)15-5-3-4-6-15)10-23-20(21)24-17-8-7-14(11-22-17)19(28)29/h7-11,15,19,28-29H,3-6,12H2,1-2H3,(H3,21,22,23,24)/b13-10-. The van der Waals surface area contributed by atoms with Crippen LogP contribution in [0.25, 0.3) is 0 Å². The topological polar surface area (TPSA) is 127 Å². The van der Waals surface area contributed by atoms with Gasteiger partial charge in [0, 0.05) is 44.6 Å². The van der Waals surface area contributed by atoms with Crippen molar-refractivity contribution in [3.63, 3.8) is 0 Å². The van der Waals surface area contributed by atoms with Gasteiger partial charge in [0.2, 0.25) is 0 Å². The maximum Gasteiger partial charge on any atom is 0.269 e. The minimum Gasteiger partial charge on any atom is -0.369 e. The third kappa shape index (κ3) is 5.12. The van der Waals surface area contributed by atoms with Crippen molar-refractivity contribution < 1.29 is 15.0 Å². The summed E-state index contributed by atoms with van der Waals surface area (Å²) in [5, 5.41) is 21.0. The smallest absolute Gasteiger partial charge is 0.269 e. The number of aliphatic hydroxyl groups excluding tert-OH is 1. The maximum atomic E-state index is 12.6. The molecule has 5 N–H and O–H groups in total. The van der Waals surface area contributed by atoms with E-state index in [1.807, 2.05) is 6.08 Å². The highest BCUT2D eigenvalue weighted by atomic mass is 16.5. The zero-order valence-corrected chi connectivity index (χ0v) is 16.7. The van der Waals surface area contributed by atoms with Crippen molar-refractivity contribution in [3.05, 3.63) is 47.4 Å². The Bertz CT molecular complexity index is 823. The summed E-state index contributed by atoms with van der Waals surface area (Å²) in [6.45, 7) is 0.637. The van der Waals surface area contributed by atoms with Gasteiger partial charge in [0.1, 0.15) is 11.5 Å². The molecule has 0 atom stereocenters. The Morgan fingerprint density at radius 3 is 2.69 bits per heavy atom. The predicted octanol–water partition coefficient (Wildman–Crippen LogP) is 0.906. The number of anilines is 1. The number of rotatable bonds is 5. The van der Waals surface area contributed by atoms with Gasteiger partial charge in [-0.3, -0.25) is 4.79 Å². The first kappa shape index (κ1) is 20.8. The van der Waals surface area contributed by atoms with Gasteiger partial charge in [-0.1, -0.05) is 12.8 Å². The van der Waals surface area contributed by atoms with Crippen LogP contribution in [0.4, 0.5) is 5.82 Å². The third-order valence-corrected chi connectivity index (χ3v) is 5.09. The summed E-state index contributed by atoms with van der Waals surface area (Å²) < 4.78 is 0. The fourth-order valence-corrected chi connectivity index (χ4v) is 3.57. The van der Waals surface area contributed by atoms with Crippen LogP contribution in [-0.2, 0) is 4.79 Å². The molecule has 1 aliphatic carbocycles. The van der Waals surface area contributed by atoms with Crippen molar-refractivity contribution >= 4 is 17.7 Å². The molecule has 1 aromatic rings. The Labute approximate surface area is 170 Å². The molecule has 156 valence electrons. The number of guanidine groups is 1. The average molecular weight is 400 g/mol. The van der Waals surface area contributed by atoms with Crippen molar-refractivity contribution in [3.8, 4) is 0 Å². The van der Waals surface area contributed by atoms with Gasteiger partial charge < -0.3 is 31.1 Å². The van der Waals surface area contributed by atoms with Gasteiger partial charge in [-0.2, -0.15) is 0 Å². The second-order valence-corrected chi connectivity index (χ2v) is 7.49. The minimum absolute atomic E-state index is 0.00858. The number of pyridine rings is 1. The first-order chi connectivity index (χ1) is 13.8. The van der Waals surface area contributed by atoms with Crippen LogP contribution < -0.4 is 11.1 Å². The zero-order chi connectivity index (χ0) is 21.0. The van der Waals surface area contributed by atoms with E-state index < -0.39 is 6.29 Å². The number of carbonyl (C=O) groups excluding carboxylic acids is 1. The fraction of sp³-hybridized carbons (Fsp3) is 0.450. The van der Waals surface area contributed by atoms with Gasteiger partial charge >= 0.3 is 0 Å². The van der Waals surface area contributed by atoms with Crippen molar-refractivity contribution in [2.24, 2.45) is 10.7 Å². The number of hydrogen-bond donors (Lipinski definition) is 4. The molecule has 1 amide bonds. The molecule has 0 bridgehead atoms. The zero-order valence-electron chi connectivity index (χ0n) is 16.7. The maximum absolute atomic E-state index is 12.6. The molecular weight excluding hydrogens is 372 g/mol. The summed E-state index contributed by atoms with van der Waals surface area (Å²) in [5.74, 6) is 0.577. The highest BCUT2D eigenvalue weighted by molar-refractivity contribution is 5.94. The summed E-state index contributed by atoms with van der Waals surface area (Å²) in [6, 6.07) is 3.50. The molecule has 3 rings (SSSR count). The molecule has 1 fully saturated rings. The van der Waals surface area contributed by atoms with Gasteiger partial charge in [0.25, 0.3) is 5.91 Å². The lowest BCUT2D eigenvalue weighted by atomic mass is 10.2. The first-order valence-electron chi connectivity index (χ1n) is 9.66. The largest absolute Gasteiger partial charge is 0.369 e. The van der Waals surface area contributed by atoms with Crippen LogP contribution in [0.2, 0.25) is 0 Å². The molecule has 1 aromatic heterocycles. The fourth-order valence-electron chi connectivity index (χ4n) is 3.57. The van der Waals surface area contributed by atoms with Crippen molar-refractivity contribution in [1.82, 2.24) is 14.8 Å². The third-order valence-electron chi connectivity index (χ3n) is 5.09. The van der Waals surface area contributed by atoms with E-state index in [-0.39, 0.29) is 17.4 Å². The quantitative estimate of drug-likeness (QED) is 0.329. The molecule has 2 heterocycles. The van der Waals surface area contributed by atoms with Crippen LogP contribution in [0.5, 0.6) is 0 Å². The molecular formula is C20H28N6O3. The van der Waals surface area contributed by atoms with Crippen LogP contribution >= 0.6 is 0 Å². The summed E-state index contributed by atoms with van der Waals surface area (Å²) in [4.78, 5) is 24.7. The Morgan fingerprint density at radius 1 is 1.38 bits per heavy atom. The van der Waals surface area contributed by atoms with Gasteiger partial charge in [-0.05, 0) is 36.6 Å². The Morgan fingerprint density at radius 2 is 2.10 bits per heavy atom. The van der Waals surface area contributed by atoms with Crippen LogP contribution in [0.15, 0.2) is 46.9 Å². The van der Waals surface area contributed by atoms with Gasteiger partial charge in [-0.15, -0.1) is 0 Å². The number of nitrogens with two attached hydrogens (primary N) is 1. The molecule has 1 saturated carbocycles. The molecule has 0 unspecified atom stereocenters. The average Bonchev–Trinajstić information content (AvgIpc) is 3.35. The molecule has 1 aliphatic heterocycles. The molecule has 9 nitrogen and oxygen atoms in total. The summed E-state index contributed by atoms with van der Waals surface area (Å²) in [5.41, 5.74) is 7.83. The van der Waals surface area contributed by atoms with Gasteiger partial charge in [-0.25, -0.2) is 9.98 Å². The van der Waals surface area contributed by atoms with E-state index in [1.54, 1.807) is 31.3 Å². The molecule has 0 radical (unpaired) electrons. The highest BCUT2D eigenvalue weighted by Crippen LogP contribution is 2.31. The summed E-state index contributed by atoms with van der Waals surface area (Å²) in [6.07, 6.45) is 7.90. The number of aromatic nitrogens is 1. The van der Waals surface area contributed by atoms with Crippen LogP contribution in [0.1, 0.15) is 37.5 Å². The monoisotopic (exact) mass is 400 g/mol. The Kier molecular flexibility index (Phi) is 6.50. The van der Waals surface area contributed by atoms with Crippen LogP contribution in [0.3, 0.4) is 0 Å². The Balaban J connectivity index is 1.71. The number of likely N-dealkylation sites (N-methyl/N-ethyl adjacent to an activating group) is 1. The second-order valence-electron chi connectivity index (χ2n) is 7.49. The van der Waals surface area contributed by atoms with E-state index in [2.05, 4.69) is 20.2 Å². The van der Waals surface area contributed by atoms with Crippen molar-refractivity contribution in [2.45, 2.75) is 38.0 Å². The molecule has 29 heavy (non-hydrogen) atoms. The molecule has 0 spiro atoms. The van der Waals surface area contributed by atoms with E-state index in [9.17, 15) is 4.79 Å². The molecule has 0 aromatic carbocycles. The molecule has 2 aliphatic rings. The number of nitrogens with zero attached hydrogens (tertiary/aromatic N) is 4. The molecule has 0 saturated heterocycles. The van der Waals surface area contributed by atoms with Crippen LogP contribution in [0, 0.1) is 0 Å². The minimum atomic E-state index is -1.57. The number of aliphatic hydroxyl groups is 2. The lowest BCUT2D eigenvalue weighted by Gasteiger charge is -2.29. The van der Waals surface area contributed by atoms with Crippen molar-refractivity contribution in [2.75, 3.05) is 26.0 Å². The summed E-state index contributed by atoms with van der Waals surface area (Å²) >= 11 is 0. The van der Waals surface area contributed by atoms with Crippen molar-refractivity contribution in [1.29, 1.82) is 0 Å². The lowest BCUT2D eigenvalue weighted by Crippen LogP contribution is -2.37. The predicted molar refractivity (Wildman–Crippen MR) is 110 cm³/mol. The molecule has 9 heteroatoms. The normalized spacial score (nSPS) is 19.2. The number of nitrogens with one attached hydrogen (secondary N) is 1.